The zero-order valence-electron chi connectivity index (χ0n) is 17.4. The predicted octanol–water partition coefficient (Wildman–Crippen LogP) is 3.63. The molecule has 0 atom stereocenters. The summed E-state index contributed by atoms with van der Waals surface area (Å²) in [6, 6.07) is 13.2. The molecule has 0 bridgehead atoms. The van der Waals surface area contributed by atoms with E-state index in [-0.39, 0.29) is 16.7 Å². The smallest absolute Gasteiger partial charge is 0.255 e. The van der Waals surface area contributed by atoms with Crippen LogP contribution in [0.2, 0.25) is 0 Å². The highest BCUT2D eigenvalue weighted by Crippen LogP contribution is 2.24. The quantitative estimate of drug-likeness (QED) is 0.768. The van der Waals surface area contributed by atoms with E-state index in [1.54, 1.807) is 45.6 Å². The molecular weight excluding hydrogens is 414 g/mol. The zero-order valence-corrected chi connectivity index (χ0v) is 18.2. The molecule has 164 valence electrons. The molecule has 2 heterocycles. The number of anilines is 2. The van der Waals surface area contributed by atoms with Gasteiger partial charge in [0.05, 0.1) is 4.90 Å². The molecule has 2 aromatic carbocycles. The van der Waals surface area contributed by atoms with Gasteiger partial charge in [0, 0.05) is 43.0 Å². The van der Waals surface area contributed by atoms with E-state index >= 15 is 0 Å². The van der Waals surface area contributed by atoms with Crippen LogP contribution in [0.4, 0.5) is 11.4 Å². The molecule has 0 aliphatic carbocycles. The summed E-state index contributed by atoms with van der Waals surface area (Å²) in [5, 5.41) is 2.80. The van der Waals surface area contributed by atoms with Gasteiger partial charge < -0.3 is 10.2 Å². The monoisotopic (exact) mass is 441 g/mol. The Bertz CT molecular complexity index is 1040. The molecule has 0 spiro atoms. The van der Waals surface area contributed by atoms with Gasteiger partial charge in [-0.15, -0.1) is 0 Å². The molecule has 0 saturated carbocycles. The van der Waals surface area contributed by atoms with Crippen molar-refractivity contribution in [3.8, 4) is 0 Å². The lowest BCUT2D eigenvalue weighted by Gasteiger charge is -2.20. The van der Waals surface area contributed by atoms with Gasteiger partial charge in [-0.05, 0) is 67.8 Å². The summed E-state index contributed by atoms with van der Waals surface area (Å²) in [6.07, 6.45) is 5.31. The third-order valence-corrected chi connectivity index (χ3v) is 7.74. The molecule has 7 nitrogen and oxygen atoms in total. The van der Waals surface area contributed by atoms with Crippen molar-refractivity contribution in [3.05, 3.63) is 54.1 Å². The Labute approximate surface area is 183 Å². The van der Waals surface area contributed by atoms with E-state index in [2.05, 4.69) is 5.32 Å². The third-order valence-electron chi connectivity index (χ3n) is 5.83. The Hall–Kier alpha value is -2.71. The van der Waals surface area contributed by atoms with Crippen LogP contribution in [0.3, 0.4) is 0 Å². The van der Waals surface area contributed by atoms with Gasteiger partial charge >= 0.3 is 0 Å². The number of nitrogens with zero attached hydrogens (tertiary/aromatic N) is 2. The van der Waals surface area contributed by atoms with E-state index in [9.17, 15) is 18.0 Å². The highest BCUT2D eigenvalue weighted by atomic mass is 32.2. The first-order valence-electron chi connectivity index (χ1n) is 10.8. The minimum absolute atomic E-state index is 0.104. The fourth-order valence-corrected chi connectivity index (χ4v) is 5.58. The number of hydrogen-bond acceptors (Lipinski definition) is 4. The summed E-state index contributed by atoms with van der Waals surface area (Å²) in [7, 11) is -3.51. The summed E-state index contributed by atoms with van der Waals surface area (Å²) in [5.41, 5.74) is 1.79. The topological polar surface area (TPSA) is 86.8 Å². The summed E-state index contributed by atoms with van der Waals surface area (Å²) < 4.78 is 27.3. The molecule has 0 aromatic heterocycles. The molecule has 2 aliphatic rings. The van der Waals surface area contributed by atoms with Crippen molar-refractivity contribution in [2.24, 2.45) is 0 Å². The van der Waals surface area contributed by atoms with E-state index in [1.165, 1.54) is 12.1 Å². The summed E-state index contributed by atoms with van der Waals surface area (Å²) in [5.74, 6) is -0.185. The normalized spacial score (nSPS) is 18.1. The standard InChI is InChI=1S/C23H27N3O4S/c27-22-6-5-17-26(22)20-11-7-18(8-12-20)23(28)24-19-9-13-21(14-10-19)31(29,30)25-15-3-1-2-4-16-25/h7-14H,1-6,15-17H2,(H,24,28). The fraction of sp³-hybridized carbons (Fsp3) is 0.391. The maximum atomic E-state index is 12.9. The van der Waals surface area contributed by atoms with Gasteiger partial charge in [-0.1, -0.05) is 12.8 Å². The lowest BCUT2D eigenvalue weighted by molar-refractivity contribution is -0.117. The van der Waals surface area contributed by atoms with Crippen molar-refractivity contribution in [1.29, 1.82) is 0 Å². The van der Waals surface area contributed by atoms with E-state index in [0.29, 0.717) is 37.3 Å². The van der Waals surface area contributed by atoms with E-state index in [1.807, 2.05) is 0 Å². The average Bonchev–Trinajstić information content (AvgIpc) is 3.02. The lowest BCUT2D eigenvalue weighted by Crippen LogP contribution is -2.31. The first-order valence-corrected chi connectivity index (χ1v) is 12.2. The minimum Gasteiger partial charge on any atom is -0.322 e. The molecule has 0 unspecified atom stereocenters. The van der Waals surface area contributed by atoms with Crippen LogP contribution in [0.1, 0.15) is 48.9 Å². The van der Waals surface area contributed by atoms with E-state index < -0.39 is 10.0 Å². The number of nitrogens with one attached hydrogen (secondary N) is 1. The molecule has 1 N–H and O–H groups in total. The molecule has 2 amide bonds. The van der Waals surface area contributed by atoms with Crippen molar-refractivity contribution < 1.29 is 18.0 Å². The summed E-state index contributed by atoms with van der Waals surface area (Å²) in [6.45, 7) is 1.82. The Morgan fingerprint density at radius 3 is 2.03 bits per heavy atom. The maximum Gasteiger partial charge on any atom is 0.255 e. The highest BCUT2D eigenvalue weighted by molar-refractivity contribution is 7.89. The van der Waals surface area contributed by atoms with Crippen LogP contribution < -0.4 is 10.2 Å². The van der Waals surface area contributed by atoms with Crippen molar-refractivity contribution in [1.82, 2.24) is 4.31 Å². The SMILES string of the molecule is O=C(Nc1ccc(S(=O)(=O)N2CCCCCC2)cc1)c1ccc(N2CCCC2=O)cc1. The Balaban J connectivity index is 1.41. The lowest BCUT2D eigenvalue weighted by atomic mass is 10.1. The third kappa shape index (κ3) is 4.80. The van der Waals surface area contributed by atoms with Crippen molar-refractivity contribution in [2.75, 3.05) is 29.9 Å². The Morgan fingerprint density at radius 1 is 0.806 bits per heavy atom. The minimum atomic E-state index is -3.51. The van der Waals surface area contributed by atoms with Crippen LogP contribution in [0.15, 0.2) is 53.4 Å². The molecule has 2 aliphatic heterocycles. The molecule has 4 rings (SSSR count). The summed E-state index contributed by atoms with van der Waals surface area (Å²) in [4.78, 5) is 26.4. The number of hydrogen-bond donors (Lipinski definition) is 1. The number of carbonyl (C=O) groups excluding carboxylic acids is 2. The largest absolute Gasteiger partial charge is 0.322 e. The highest BCUT2D eigenvalue weighted by Gasteiger charge is 2.25. The first-order chi connectivity index (χ1) is 14.9. The molecule has 2 fully saturated rings. The Morgan fingerprint density at radius 2 is 1.45 bits per heavy atom. The van der Waals surface area contributed by atoms with Crippen molar-refractivity contribution >= 4 is 33.2 Å². The number of benzene rings is 2. The first kappa shape index (κ1) is 21.5. The fourth-order valence-electron chi connectivity index (χ4n) is 4.06. The van der Waals surface area contributed by atoms with Crippen molar-refractivity contribution in [3.63, 3.8) is 0 Å². The predicted molar refractivity (Wildman–Crippen MR) is 120 cm³/mol. The van der Waals surface area contributed by atoms with Gasteiger partial charge in [-0.2, -0.15) is 4.31 Å². The number of rotatable bonds is 5. The molecule has 8 heteroatoms. The van der Waals surface area contributed by atoms with Gasteiger partial charge in [0.1, 0.15) is 0 Å². The van der Waals surface area contributed by atoms with Gasteiger partial charge in [0.2, 0.25) is 15.9 Å². The Kier molecular flexibility index (Phi) is 6.38. The van der Waals surface area contributed by atoms with Gasteiger partial charge in [-0.25, -0.2) is 8.42 Å². The van der Waals surface area contributed by atoms with Gasteiger partial charge in [0.15, 0.2) is 0 Å². The number of carbonyl (C=O) groups is 2. The average molecular weight is 442 g/mol. The number of sulfonamides is 1. The maximum absolute atomic E-state index is 12.9. The van der Waals surface area contributed by atoms with Crippen LogP contribution in [0.5, 0.6) is 0 Å². The second-order valence-electron chi connectivity index (χ2n) is 7.99. The van der Waals surface area contributed by atoms with Crippen LogP contribution >= 0.6 is 0 Å². The van der Waals surface area contributed by atoms with Crippen LogP contribution in [0.25, 0.3) is 0 Å². The zero-order chi connectivity index (χ0) is 21.8. The second kappa shape index (κ2) is 9.20. The van der Waals surface area contributed by atoms with Crippen LogP contribution in [-0.4, -0.2) is 44.2 Å². The van der Waals surface area contributed by atoms with Gasteiger partial charge in [-0.3, -0.25) is 9.59 Å². The van der Waals surface area contributed by atoms with Crippen LogP contribution in [0, 0.1) is 0 Å². The summed E-state index contributed by atoms with van der Waals surface area (Å²) >= 11 is 0. The van der Waals surface area contributed by atoms with Crippen molar-refractivity contribution in [2.45, 2.75) is 43.4 Å². The second-order valence-corrected chi connectivity index (χ2v) is 9.93. The van der Waals surface area contributed by atoms with E-state index in [4.69, 9.17) is 0 Å². The molecule has 2 aromatic rings. The number of amides is 2. The molecule has 2 saturated heterocycles. The molecule has 0 radical (unpaired) electrons. The van der Waals surface area contributed by atoms with E-state index in [0.717, 1.165) is 37.8 Å². The van der Waals surface area contributed by atoms with Crippen LogP contribution in [-0.2, 0) is 14.8 Å². The molecule has 31 heavy (non-hydrogen) atoms. The van der Waals surface area contributed by atoms with Gasteiger partial charge in [0.25, 0.3) is 5.91 Å². The molecular formula is C23H27N3O4S.